The number of methoxy groups -OCH3 is 1. The highest BCUT2D eigenvalue weighted by Gasteiger charge is 2.23. The predicted octanol–water partition coefficient (Wildman–Crippen LogP) is 2.85. The van der Waals surface area contributed by atoms with Gasteiger partial charge >= 0.3 is 0 Å². The lowest BCUT2D eigenvalue weighted by atomic mass is 10.1. The summed E-state index contributed by atoms with van der Waals surface area (Å²) >= 11 is 6.11. The molecule has 6 nitrogen and oxygen atoms in total. The van der Waals surface area contributed by atoms with Crippen molar-refractivity contribution in [3.8, 4) is 5.75 Å². The lowest BCUT2D eigenvalue weighted by Crippen LogP contribution is -2.48. The molecule has 1 aliphatic rings. The van der Waals surface area contributed by atoms with Crippen molar-refractivity contribution in [1.82, 2.24) is 9.80 Å². The summed E-state index contributed by atoms with van der Waals surface area (Å²) in [5.41, 5.74) is 2.29. The molecule has 0 N–H and O–H groups in total. The Bertz CT molecular complexity index is 969. The van der Waals surface area contributed by atoms with E-state index in [0.717, 1.165) is 24.4 Å². The van der Waals surface area contributed by atoms with Crippen molar-refractivity contribution < 1.29 is 17.9 Å². The number of piperazine rings is 1. The van der Waals surface area contributed by atoms with Gasteiger partial charge in [-0.1, -0.05) is 23.7 Å². The Balaban J connectivity index is 1.58. The minimum absolute atomic E-state index is 0.0207. The number of ether oxygens (including phenoxy) is 1. The first-order valence-corrected chi connectivity index (χ1v) is 11.8. The molecule has 2 aromatic rings. The molecule has 1 fully saturated rings. The van der Waals surface area contributed by atoms with Gasteiger partial charge in [0.25, 0.3) is 5.91 Å². The van der Waals surface area contributed by atoms with E-state index in [2.05, 4.69) is 4.90 Å². The fourth-order valence-corrected chi connectivity index (χ4v) is 4.44. The Morgan fingerprint density at radius 3 is 2.31 bits per heavy atom. The van der Waals surface area contributed by atoms with Crippen LogP contribution in [0, 0.1) is 0 Å². The molecule has 1 aliphatic heterocycles. The molecule has 29 heavy (non-hydrogen) atoms. The number of hydrogen-bond donors (Lipinski definition) is 0. The number of rotatable bonds is 6. The van der Waals surface area contributed by atoms with Crippen LogP contribution in [0.3, 0.4) is 0 Å². The number of hydrogen-bond acceptors (Lipinski definition) is 5. The van der Waals surface area contributed by atoms with Gasteiger partial charge in [0.1, 0.15) is 5.75 Å². The van der Waals surface area contributed by atoms with Gasteiger partial charge in [0.05, 0.1) is 12.9 Å². The Morgan fingerprint density at radius 1 is 1.07 bits per heavy atom. The van der Waals surface area contributed by atoms with Crippen molar-refractivity contribution in [2.45, 2.75) is 12.3 Å². The van der Waals surface area contributed by atoms with Gasteiger partial charge in [-0.05, 0) is 35.9 Å². The van der Waals surface area contributed by atoms with Gasteiger partial charge in [-0.3, -0.25) is 9.69 Å². The maximum absolute atomic E-state index is 12.8. The van der Waals surface area contributed by atoms with Crippen LogP contribution < -0.4 is 4.74 Å². The molecule has 0 unspecified atom stereocenters. The summed E-state index contributed by atoms with van der Waals surface area (Å²) in [6.07, 6.45) is 1.20. The van der Waals surface area contributed by atoms with E-state index in [4.69, 9.17) is 16.3 Å². The number of sulfone groups is 1. The highest BCUT2D eigenvalue weighted by Crippen LogP contribution is 2.24. The van der Waals surface area contributed by atoms with Crippen LogP contribution in [0.2, 0.25) is 5.02 Å². The van der Waals surface area contributed by atoms with Crippen LogP contribution >= 0.6 is 11.6 Å². The fourth-order valence-electron chi connectivity index (χ4n) is 3.45. The van der Waals surface area contributed by atoms with Gasteiger partial charge < -0.3 is 9.64 Å². The molecule has 3 rings (SSSR count). The monoisotopic (exact) mass is 436 g/mol. The van der Waals surface area contributed by atoms with Crippen LogP contribution in [0.1, 0.15) is 21.5 Å². The zero-order valence-corrected chi connectivity index (χ0v) is 18.2. The maximum Gasteiger partial charge on any atom is 0.253 e. The Labute approximate surface area is 176 Å². The SMILES string of the molecule is COc1ccc(Cl)cc1CN1CCN(C(=O)c2ccc(CS(C)(=O)=O)cc2)CC1. The topological polar surface area (TPSA) is 66.9 Å². The van der Waals surface area contributed by atoms with Crippen LogP contribution in [0.4, 0.5) is 0 Å². The lowest BCUT2D eigenvalue weighted by molar-refractivity contribution is 0.0627. The lowest BCUT2D eigenvalue weighted by Gasteiger charge is -2.35. The standard InChI is InChI=1S/C21H25ClN2O4S/c1-28-20-8-7-19(22)13-18(20)14-23-9-11-24(12-10-23)21(25)17-5-3-16(4-6-17)15-29(2,26)27/h3-8,13H,9-12,14-15H2,1-2H3. The van der Waals surface area contributed by atoms with Gasteiger partial charge in [0.15, 0.2) is 9.84 Å². The summed E-state index contributed by atoms with van der Waals surface area (Å²) in [5, 5.41) is 0.675. The number of carbonyl (C=O) groups excluding carboxylic acids is 1. The zero-order valence-electron chi connectivity index (χ0n) is 16.6. The summed E-state index contributed by atoms with van der Waals surface area (Å²) in [4.78, 5) is 16.9. The average molecular weight is 437 g/mol. The Kier molecular flexibility index (Phi) is 6.82. The third-order valence-corrected chi connectivity index (χ3v) is 6.02. The molecular formula is C21H25ClN2O4S. The normalized spacial score (nSPS) is 15.3. The van der Waals surface area contributed by atoms with Crippen molar-refractivity contribution in [2.24, 2.45) is 0 Å². The highest BCUT2D eigenvalue weighted by atomic mass is 35.5. The van der Waals surface area contributed by atoms with Crippen molar-refractivity contribution in [1.29, 1.82) is 0 Å². The van der Waals surface area contributed by atoms with Crippen LogP contribution in [-0.2, 0) is 22.1 Å². The molecule has 0 radical (unpaired) electrons. The van der Waals surface area contributed by atoms with E-state index >= 15 is 0 Å². The molecule has 0 aromatic heterocycles. The second-order valence-electron chi connectivity index (χ2n) is 7.29. The number of amides is 1. The van der Waals surface area contributed by atoms with Crippen molar-refractivity contribution in [2.75, 3.05) is 39.5 Å². The van der Waals surface area contributed by atoms with E-state index in [9.17, 15) is 13.2 Å². The maximum atomic E-state index is 12.8. The van der Waals surface area contributed by atoms with Crippen LogP contribution in [0.25, 0.3) is 0 Å². The molecule has 8 heteroatoms. The molecule has 0 bridgehead atoms. The van der Waals surface area contributed by atoms with Crippen LogP contribution in [0.5, 0.6) is 5.75 Å². The minimum Gasteiger partial charge on any atom is -0.496 e. The molecule has 1 amide bonds. The fraction of sp³-hybridized carbons (Fsp3) is 0.381. The second kappa shape index (κ2) is 9.15. The van der Waals surface area contributed by atoms with Gasteiger partial charge in [-0.2, -0.15) is 0 Å². The van der Waals surface area contributed by atoms with E-state index < -0.39 is 9.84 Å². The highest BCUT2D eigenvalue weighted by molar-refractivity contribution is 7.89. The number of halogens is 1. The number of benzene rings is 2. The van der Waals surface area contributed by atoms with E-state index in [1.165, 1.54) is 6.26 Å². The molecular weight excluding hydrogens is 412 g/mol. The number of nitrogens with zero attached hydrogens (tertiary/aromatic N) is 2. The average Bonchev–Trinajstić information content (AvgIpc) is 2.68. The Hall–Kier alpha value is -2.09. The number of carbonyl (C=O) groups is 1. The van der Waals surface area contributed by atoms with Gasteiger partial charge in [-0.25, -0.2) is 8.42 Å². The third kappa shape index (κ3) is 5.95. The van der Waals surface area contributed by atoms with E-state index in [1.54, 1.807) is 31.4 Å². The second-order valence-corrected chi connectivity index (χ2v) is 9.87. The predicted molar refractivity (Wildman–Crippen MR) is 114 cm³/mol. The van der Waals surface area contributed by atoms with E-state index in [0.29, 0.717) is 35.8 Å². The van der Waals surface area contributed by atoms with Crippen LogP contribution in [0.15, 0.2) is 42.5 Å². The molecule has 2 aromatic carbocycles. The van der Waals surface area contributed by atoms with Crippen molar-refractivity contribution >= 4 is 27.3 Å². The van der Waals surface area contributed by atoms with Crippen LogP contribution in [-0.4, -0.2) is 63.7 Å². The summed E-state index contributed by atoms with van der Waals surface area (Å²) in [6, 6.07) is 12.4. The van der Waals surface area contributed by atoms with E-state index in [1.807, 2.05) is 23.1 Å². The van der Waals surface area contributed by atoms with Gasteiger partial charge in [0, 0.05) is 55.1 Å². The first-order valence-electron chi connectivity index (χ1n) is 9.36. The summed E-state index contributed by atoms with van der Waals surface area (Å²) in [7, 11) is -1.45. The molecule has 1 heterocycles. The molecule has 0 spiro atoms. The first kappa shape index (κ1) is 21.6. The molecule has 156 valence electrons. The third-order valence-electron chi connectivity index (χ3n) is 4.93. The first-order chi connectivity index (χ1) is 13.7. The smallest absolute Gasteiger partial charge is 0.253 e. The van der Waals surface area contributed by atoms with E-state index in [-0.39, 0.29) is 11.7 Å². The van der Waals surface area contributed by atoms with Crippen molar-refractivity contribution in [3.05, 3.63) is 64.2 Å². The molecule has 1 saturated heterocycles. The molecule has 0 saturated carbocycles. The van der Waals surface area contributed by atoms with Crippen molar-refractivity contribution in [3.63, 3.8) is 0 Å². The van der Waals surface area contributed by atoms with Gasteiger partial charge in [0.2, 0.25) is 0 Å². The summed E-state index contributed by atoms with van der Waals surface area (Å²) in [6.45, 7) is 3.49. The molecule has 0 atom stereocenters. The molecule has 0 aliphatic carbocycles. The van der Waals surface area contributed by atoms with Gasteiger partial charge in [-0.15, -0.1) is 0 Å². The quantitative estimate of drug-likeness (QED) is 0.696. The summed E-state index contributed by atoms with van der Waals surface area (Å²) in [5.74, 6) is 0.755. The zero-order chi connectivity index (χ0) is 21.0. The Morgan fingerprint density at radius 2 is 1.72 bits per heavy atom. The minimum atomic E-state index is -3.09. The summed E-state index contributed by atoms with van der Waals surface area (Å²) < 4.78 is 28.2. The largest absolute Gasteiger partial charge is 0.496 e.